The van der Waals surface area contributed by atoms with Crippen LogP contribution in [-0.4, -0.2) is 18.3 Å². The van der Waals surface area contributed by atoms with Crippen LogP contribution in [0, 0.1) is 11.2 Å². The minimum atomic E-state index is -0.922. The molecule has 1 rings (SSSR count). The quantitative estimate of drug-likeness (QED) is 0.896. The number of ether oxygens (including phenoxy) is 1. The fourth-order valence-corrected chi connectivity index (χ4v) is 1.63. The lowest BCUT2D eigenvalue weighted by molar-refractivity contribution is 0.129. The van der Waals surface area contributed by atoms with Gasteiger partial charge in [0.15, 0.2) is 0 Å². The van der Waals surface area contributed by atoms with Crippen molar-refractivity contribution in [3.8, 4) is 5.75 Å². The van der Waals surface area contributed by atoms with Gasteiger partial charge in [0, 0.05) is 11.6 Å². The molecule has 0 aliphatic heterocycles. The third-order valence-corrected chi connectivity index (χ3v) is 3.15. The third-order valence-electron chi connectivity index (χ3n) is 3.15. The standard InChI is InChI=1S/C14H22FNO2.ClH/c1-14(2,3)13(16)8-12(17)10-7-9(18-4)5-6-11(10)15;/h5-7,12-13,17H,8,16H2,1-4H3;1H/t12-,13+;/m1./s1. The number of nitrogens with two attached hydrogens (primary N) is 1. The van der Waals surface area contributed by atoms with Gasteiger partial charge in [0.1, 0.15) is 11.6 Å². The lowest BCUT2D eigenvalue weighted by atomic mass is 9.83. The molecule has 1 aromatic rings. The molecule has 0 fully saturated rings. The molecule has 3 N–H and O–H groups in total. The fourth-order valence-electron chi connectivity index (χ4n) is 1.63. The van der Waals surface area contributed by atoms with Gasteiger partial charge in [-0.3, -0.25) is 0 Å². The largest absolute Gasteiger partial charge is 0.497 e. The molecule has 0 bridgehead atoms. The van der Waals surface area contributed by atoms with E-state index in [1.165, 1.54) is 25.3 Å². The number of methoxy groups -OCH3 is 1. The summed E-state index contributed by atoms with van der Waals surface area (Å²) in [4.78, 5) is 0. The molecule has 2 atom stereocenters. The first kappa shape index (κ1) is 18.2. The first-order valence-electron chi connectivity index (χ1n) is 6.02. The number of rotatable bonds is 4. The molecule has 110 valence electrons. The van der Waals surface area contributed by atoms with Gasteiger partial charge in [0.25, 0.3) is 0 Å². The topological polar surface area (TPSA) is 55.5 Å². The average molecular weight is 292 g/mol. The van der Waals surface area contributed by atoms with E-state index in [4.69, 9.17) is 10.5 Å². The van der Waals surface area contributed by atoms with E-state index in [1.54, 1.807) is 0 Å². The van der Waals surface area contributed by atoms with E-state index in [0.29, 0.717) is 12.2 Å². The van der Waals surface area contributed by atoms with Gasteiger partial charge in [-0.05, 0) is 30.0 Å². The third kappa shape index (κ3) is 4.97. The van der Waals surface area contributed by atoms with Crippen LogP contribution in [0.2, 0.25) is 0 Å². The van der Waals surface area contributed by atoms with Crippen LogP contribution < -0.4 is 10.5 Å². The molecule has 0 aliphatic rings. The molecule has 0 amide bonds. The highest BCUT2D eigenvalue weighted by Crippen LogP contribution is 2.29. The van der Waals surface area contributed by atoms with Gasteiger partial charge in [-0.1, -0.05) is 20.8 Å². The lowest BCUT2D eigenvalue weighted by Gasteiger charge is -2.29. The molecule has 0 spiro atoms. The van der Waals surface area contributed by atoms with Crippen molar-refractivity contribution in [3.05, 3.63) is 29.6 Å². The second kappa shape index (κ2) is 7.08. The van der Waals surface area contributed by atoms with Crippen LogP contribution >= 0.6 is 12.4 Å². The zero-order valence-electron chi connectivity index (χ0n) is 11.8. The Bertz CT molecular complexity index is 407. The zero-order valence-corrected chi connectivity index (χ0v) is 12.6. The molecular weight excluding hydrogens is 269 g/mol. The maximum atomic E-state index is 13.6. The van der Waals surface area contributed by atoms with Crippen molar-refractivity contribution < 1.29 is 14.2 Å². The Morgan fingerprint density at radius 3 is 2.42 bits per heavy atom. The molecular formula is C14H23ClFNO2. The van der Waals surface area contributed by atoms with Crippen molar-refractivity contribution in [2.45, 2.75) is 39.3 Å². The molecule has 0 aliphatic carbocycles. The highest BCUT2D eigenvalue weighted by Gasteiger charge is 2.25. The minimum absolute atomic E-state index is 0. The molecule has 0 unspecified atom stereocenters. The summed E-state index contributed by atoms with van der Waals surface area (Å²) in [6.07, 6.45) is -0.609. The highest BCUT2D eigenvalue weighted by atomic mass is 35.5. The summed E-state index contributed by atoms with van der Waals surface area (Å²) in [5.41, 5.74) is 6.10. The second-order valence-corrected chi connectivity index (χ2v) is 5.61. The van der Waals surface area contributed by atoms with Crippen molar-refractivity contribution in [1.29, 1.82) is 0 Å². The van der Waals surface area contributed by atoms with Gasteiger partial charge in [-0.15, -0.1) is 12.4 Å². The Balaban J connectivity index is 0.00000324. The van der Waals surface area contributed by atoms with Crippen molar-refractivity contribution in [2.75, 3.05) is 7.11 Å². The summed E-state index contributed by atoms with van der Waals surface area (Å²) in [6.45, 7) is 5.98. The molecule has 0 saturated heterocycles. The fraction of sp³-hybridized carbons (Fsp3) is 0.571. The lowest BCUT2D eigenvalue weighted by Crippen LogP contribution is -2.36. The van der Waals surface area contributed by atoms with Crippen molar-refractivity contribution in [3.63, 3.8) is 0 Å². The number of hydrogen-bond donors (Lipinski definition) is 2. The van der Waals surface area contributed by atoms with Crippen molar-refractivity contribution in [1.82, 2.24) is 0 Å². The molecule has 19 heavy (non-hydrogen) atoms. The summed E-state index contributed by atoms with van der Waals surface area (Å²) in [6, 6.07) is 4.11. The van der Waals surface area contributed by atoms with Gasteiger partial charge in [0.05, 0.1) is 13.2 Å². The number of hydrogen-bond acceptors (Lipinski definition) is 3. The van der Waals surface area contributed by atoms with Crippen LogP contribution in [0.3, 0.4) is 0 Å². The van der Waals surface area contributed by atoms with E-state index in [-0.39, 0.29) is 29.4 Å². The van der Waals surface area contributed by atoms with Gasteiger partial charge in [0.2, 0.25) is 0 Å². The van der Waals surface area contributed by atoms with E-state index >= 15 is 0 Å². The molecule has 5 heteroatoms. The van der Waals surface area contributed by atoms with Crippen LogP contribution in [0.1, 0.15) is 38.9 Å². The Morgan fingerprint density at radius 2 is 1.95 bits per heavy atom. The molecule has 0 heterocycles. The number of halogens is 2. The minimum Gasteiger partial charge on any atom is -0.497 e. The van der Waals surface area contributed by atoms with Crippen LogP contribution in [-0.2, 0) is 0 Å². The Kier molecular flexibility index (Phi) is 6.77. The molecule has 0 aromatic heterocycles. The van der Waals surface area contributed by atoms with Crippen LogP contribution in [0.4, 0.5) is 4.39 Å². The molecule has 3 nitrogen and oxygen atoms in total. The zero-order chi connectivity index (χ0) is 13.9. The smallest absolute Gasteiger partial charge is 0.129 e. The van der Waals surface area contributed by atoms with E-state index in [2.05, 4.69) is 0 Å². The predicted molar refractivity (Wildman–Crippen MR) is 77.2 cm³/mol. The summed E-state index contributed by atoms with van der Waals surface area (Å²) < 4.78 is 18.7. The van der Waals surface area contributed by atoms with Crippen molar-refractivity contribution in [2.24, 2.45) is 11.1 Å². The Hall–Kier alpha value is -0.840. The normalized spacial score (nSPS) is 14.5. The van der Waals surface area contributed by atoms with Gasteiger partial charge in [-0.25, -0.2) is 4.39 Å². The summed E-state index contributed by atoms with van der Waals surface area (Å²) >= 11 is 0. The van der Waals surface area contributed by atoms with Crippen LogP contribution in [0.15, 0.2) is 18.2 Å². The van der Waals surface area contributed by atoms with Gasteiger partial charge in [-0.2, -0.15) is 0 Å². The summed E-state index contributed by atoms with van der Waals surface area (Å²) in [5.74, 6) is 0.0826. The maximum Gasteiger partial charge on any atom is 0.129 e. The first-order chi connectivity index (χ1) is 8.25. The van der Waals surface area contributed by atoms with Crippen LogP contribution in [0.25, 0.3) is 0 Å². The number of aliphatic hydroxyl groups is 1. The highest BCUT2D eigenvalue weighted by molar-refractivity contribution is 5.85. The predicted octanol–water partition coefficient (Wildman–Crippen LogP) is 3.05. The monoisotopic (exact) mass is 291 g/mol. The van der Waals surface area contributed by atoms with Crippen molar-refractivity contribution >= 4 is 12.4 Å². The number of benzene rings is 1. The maximum absolute atomic E-state index is 13.6. The van der Waals surface area contributed by atoms with E-state index in [0.717, 1.165) is 0 Å². The van der Waals surface area contributed by atoms with Crippen LogP contribution in [0.5, 0.6) is 5.75 Å². The molecule has 0 saturated carbocycles. The SMILES string of the molecule is COc1ccc(F)c([C@H](O)C[C@H](N)C(C)(C)C)c1.Cl. The second-order valence-electron chi connectivity index (χ2n) is 5.61. The molecule has 0 radical (unpaired) electrons. The van der Waals surface area contributed by atoms with E-state index in [9.17, 15) is 9.50 Å². The summed E-state index contributed by atoms with van der Waals surface area (Å²) in [7, 11) is 1.50. The van der Waals surface area contributed by atoms with Gasteiger partial charge >= 0.3 is 0 Å². The van der Waals surface area contributed by atoms with Gasteiger partial charge < -0.3 is 15.6 Å². The Morgan fingerprint density at radius 1 is 1.37 bits per heavy atom. The first-order valence-corrected chi connectivity index (χ1v) is 6.02. The average Bonchev–Trinajstić information content (AvgIpc) is 2.28. The van der Waals surface area contributed by atoms with E-state index in [1.807, 2.05) is 20.8 Å². The Labute approximate surface area is 120 Å². The summed E-state index contributed by atoms with van der Waals surface area (Å²) in [5, 5.41) is 10.1. The molecule has 1 aromatic carbocycles. The van der Waals surface area contributed by atoms with E-state index < -0.39 is 11.9 Å². The number of aliphatic hydroxyl groups excluding tert-OH is 1.